The predicted molar refractivity (Wildman–Crippen MR) is 107 cm³/mol. The molecule has 4 aliphatic carbocycles. The second kappa shape index (κ2) is 6.57. The van der Waals surface area contributed by atoms with Crippen LogP contribution in [0, 0.1) is 28.6 Å². The van der Waals surface area contributed by atoms with Gasteiger partial charge in [-0.2, -0.15) is 0 Å². The maximum absolute atomic E-state index is 11.4. The molecule has 4 fully saturated rings. The molecule has 28 heavy (non-hydrogen) atoms. The summed E-state index contributed by atoms with van der Waals surface area (Å²) in [6.07, 6.45) is 12.8. The van der Waals surface area contributed by atoms with Crippen LogP contribution < -0.4 is 0 Å². The molecule has 4 heteroatoms. The number of allylic oxidation sites excluding steroid dienone is 2. The fourth-order valence-electron chi connectivity index (χ4n) is 7.84. The highest BCUT2D eigenvalue weighted by Gasteiger charge is 2.64. The summed E-state index contributed by atoms with van der Waals surface area (Å²) in [5.41, 5.74) is 2.12. The first-order valence-electron chi connectivity index (χ1n) is 11.5. The molecular weight excluding hydrogens is 352 g/mol. The molecule has 1 aliphatic heterocycles. The third-order valence-electron chi connectivity index (χ3n) is 9.32. The number of hydrogen-bond acceptors (Lipinski definition) is 4. The third kappa shape index (κ3) is 2.59. The number of esters is 1. The maximum Gasteiger partial charge on any atom is 0.302 e. The Morgan fingerprint density at radius 1 is 1.11 bits per heavy atom. The molecule has 0 aromatic rings. The van der Waals surface area contributed by atoms with Crippen molar-refractivity contribution in [2.45, 2.75) is 90.4 Å². The van der Waals surface area contributed by atoms with Crippen molar-refractivity contribution in [1.82, 2.24) is 0 Å². The van der Waals surface area contributed by atoms with Crippen molar-refractivity contribution in [1.29, 1.82) is 0 Å². The van der Waals surface area contributed by atoms with Crippen molar-refractivity contribution < 1.29 is 19.0 Å². The summed E-state index contributed by atoms with van der Waals surface area (Å²) in [6.45, 7) is 8.18. The van der Waals surface area contributed by atoms with Gasteiger partial charge in [-0.25, -0.2) is 0 Å². The molecule has 4 nitrogen and oxygen atoms in total. The maximum atomic E-state index is 11.4. The Hall–Kier alpha value is -0.870. The van der Waals surface area contributed by atoms with Crippen molar-refractivity contribution in [3.05, 3.63) is 11.6 Å². The molecule has 3 saturated carbocycles. The van der Waals surface area contributed by atoms with Gasteiger partial charge in [-0.15, -0.1) is 0 Å². The van der Waals surface area contributed by atoms with Crippen LogP contribution in [0.3, 0.4) is 0 Å². The monoisotopic (exact) mass is 388 g/mol. The van der Waals surface area contributed by atoms with E-state index in [4.69, 9.17) is 14.2 Å². The SMILES string of the molecule is CC(=O)O[C@@H]1CC[C@]2(C)C3=CC[C@@]4(C)[C@@H](CCC45OCCCO5)[C@@H]3CC[C@@H]2C1. The van der Waals surface area contributed by atoms with Gasteiger partial charge in [0.15, 0.2) is 5.79 Å². The summed E-state index contributed by atoms with van der Waals surface area (Å²) >= 11 is 0. The van der Waals surface area contributed by atoms with Crippen LogP contribution in [-0.2, 0) is 19.0 Å². The first-order valence-corrected chi connectivity index (χ1v) is 11.5. The number of fused-ring (bicyclic) bond motifs is 6. The average molecular weight is 389 g/mol. The summed E-state index contributed by atoms with van der Waals surface area (Å²) in [6, 6.07) is 0. The first-order chi connectivity index (χ1) is 13.4. The summed E-state index contributed by atoms with van der Waals surface area (Å²) in [4.78, 5) is 11.4. The van der Waals surface area contributed by atoms with Crippen LogP contribution in [0.5, 0.6) is 0 Å². The van der Waals surface area contributed by atoms with E-state index in [0.717, 1.165) is 51.7 Å². The van der Waals surface area contributed by atoms with E-state index in [2.05, 4.69) is 19.9 Å². The number of carbonyl (C=O) groups is 1. The van der Waals surface area contributed by atoms with E-state index in [0.29, 0.717) is 17.8 Å². The van der Waals surface area contributed by atoms with Gasteiger partial charge in [0.2, 0.25) is 0 Å². The van der Waals surface area contributed by atoms with E-state index in [1.165, 1.54) is 19.3 Å². The van der Waals surface area contributed by atoms with Crippen LogP contribution in [-0.4, -0.2) is 31.1 Å². The van der Waals surface area contributed by atoms with Gasteiger partial charge in [-0.05, 0) is 74.5 Å². The van der Waals surface area contributed by atoms with E-state index in [9.17, 15) is 4.79 Å². The van der Waals surface area contributed by atoms with E-state index in [1.807, 2.05) is 0 Å². The zero-order valence-corrected chi connectivity index (χ0v) is 17.8. The lowest BCUT2D eigenvalue weighted by Crippen LogP contribution is -2.56. The standard InChI is InChI=1S/C24H36O4/c1-16(25)28-18-7-10-22(2)17(15-18)5-6-19-20(22)8-11-23(3)21(19)9-12-24(23)26-13-4-14-27-24/h8,17-19,21H,4-7,9-15H2,1-3H3/t17-,18-,19-,21+,22+,23+/m1/s1. The lowest BCUT2D eigenvalue weighted by molar-refractivity contribution is -0.316. The van der Waals surface area contributed by atoms with E-state index < -0.39 is 0 Å². The first kappa shape index (κ1) is 19.1. The van der Waals surface area contributed by atoms with E-state index >= 15 is 0 Å². The largest absolute Gasteiger partial charge is 0.463 e. The molecule has 5 rings (SSSR count). The van der Waals surface area contributed by atoms with Crippen molar-refractivity contribution in [2.75, 3.05) is 13.2 Å². The fourth-order valence-corrected chi connectivity index (χ4v) is 7.84. The quantitative estimate of drug-likeness (QED) is 0.468. The molecular formula is C24H36O4. The summed E-state index contributed by atoms with van der Waals surface area (Å²) in [5, 5.41) is 0. The van der Waals surface area contributed by atoms with Crippen molar-refractivity contribution >= 4 is 5.97 Å². The van der Waals surface area contributed by atoms with E-state index in [1.54, 1.807) is 12.5 Å². The molecule has 0 aromatic heterocycles. The Balaban J connectivity index is 1.41. The zero-order chi connectivity index (χ0) is 19.6. The second-order valence-corrected chi connectivity index (χ2v) is 10.5. The minimum atomic E-state index is -0.345. The molecule has 1 saturated heterocycles. The van der Waals surface area contributed by atoms with Gasteiger partial charge >= 0.3 is 5.97 Å². The molecule has 1 spiro atoms. The molecule has 0 unspecified atom stereocenters. The van der Waals surface area contributed by atoms with Gasteiger partial charge in [0.25, 0.3) is 0 Å². The average Bonchev–Trinajstić information content (AvgIpc) is 2.94. The minimum Gasteiger partial charge on any atom is -0.463 e. The topological polar surface area (TPSA) is 44.8 Å². The Bertz CT molecular complexity index is 678. The van der Waals surface area contributed by atoms with Crippen LogP contribution >= 0.6 is 0 Å². The molecule has 0 N–H and O–H groups in total. The Morgan fingerprint density at radius 2 is 1.89 bits per heavy atom. The van der Waals surface area contributed by atoms with E-state index in [-0.39, 0.29) is 28.7 Å². The summed E-state index contributed by atoms with van der Waals surface area (Å²) in [5.74, 6) is 1.53. The molecule has 0 radical (unpaired) electrons. The lowest BCUT2D eigenvalue weighted by Gasteiger charge is -2.58. The lowest BCUT2D eigenvalue weighted by atomic mass is 9.49. The van der Waals surface area contributed by atoms with Gasteiger partial charge in [-0.3, -0.25) is 4.79 Å². The van der Waals surface area contributed by atoms with Crippen LogP contribution in [0.4, 0.5) is 0 Å². The molecule has 6 atom stereocenters. The highest BCUT2D eigenvalue weighted by molar-refractivity contribution is 5.66. The van der Waals surface area contributed by atoms with Crippen LogP contribution in [0.1, 0.15) is 78.6 Å². The highest BCUT2D eigenvalue weighted by Crippen LogP contribution is 2.67. The Labute approximate surface area is 169 Å². The van der Waals surface area contributed by atoms with Gasteiger partial charge in [0.05, 0.1) is 13.2 Å². The molecule has 156 valence electrons. The Kier molecular flexibility index (Phi) is 4.48. The number of carbonyl (C=O) groups excluding carboxylic acids is 1. The summed E-state index contributed by atoms with van der Waals surface area (Å²) in [7, 11) is 0. The number of rotatable bonds is 1. The zero-order valence-electron chi connectivity index (χ0n) is 17.8. The number of ether oxygens (including phenoxy) is 3. The molecule has 1 heterocycles. The van der Waals surface area contributed by atoms with Crippen molar-refractivity contribution in [3.63, 3.8) is 0 Å². The molecule has 0 amide bonds. The highest BCUT2D eigenvalue weighted by atomic mass is 16.7. The number of hydrogen-bond donors (Lipinski definition) is 0. The van der Waals surface area contributed by atoms with Gasteiger partial charge in [0.1, 0.15) is 6.10 Å². The van der Waals surface area contributed by atoms with Gasteiger partial charge in [-0.1, -0.05) is 25.5 Å². The normalized spacial score (nSPS) is 46.9. The van der Waals surface area contributed by atoms with Crippen molar-refractivity contribution in [2.24, 2.45) is 28.6 Å². The van der Waals surface area contributed by atoms with Gasteiger partial charge in [0, 0.05) is 18.8 Å². The molecule has 0 bridgehead atoms. The smallest absolute Gasteiger partial charge is 0.302 e. The summed E-state index contributed by atoms with van der Waals surface area (Å²) < 4.78 is 18.3. The van der Waals surface area contributed by atoms with Crippen LogP contribution in [0.25, 0.3) is 0 Å². The van der Waals surface area contributed by atoms with Crippen LogP contribution in [0.15, 0.2) is 11.6 Å². The third-order valence-corrected chi connectivity index (χ3v) is 9.32. The predicted octanol–water partition coefficient (Wildman–Crippen LogP) is 5.01. The van der Waals surface area contributed by atoms with Crippen LogP contribution in [0.2, 0.25) is 0 Å². The van der Waals surface area contributed by atoms with Gasteiger partial charge < -0.3 is 14.2 Å². The molecule has 0 aromatic carbocycles. The fraction of sp³-hybridized carbons (Fsp3) is 0.875. The van der Waals surface area contributed by atoms with Crippen molar-refractivity contribution in [3.8, 4) is 0 Å². The second-order valence-electron chi connectivity index (χ2n) is 10.5. The molecule has 5 aliphatic rings. The minimum absolute atomic E-state index is 0.111. The Morgan fingerprint density at radius 3 is 2.64 bits per heavy atom.